The predicted octanol–water partition coefficient (Wildman–Crippen LogP) is 1.82. The number of nitrogens with zero attached hydrogens (tertiary/aromatic N) is 3. The van der Waals surface area contributed by atoms with Gasteiger partial charge in [0.25, 0.3) is 0 Å². The Hall–Kier alpha value is -2.83. The number of nitrogens with two attached hydrogens (primary N) is 1. The molecule has 0 unspecified atom stereocenters. The summed E-state index contributed by atoms with van der Waals surface area (Å²) in [4.78, 5) is 19.4. The highest BCUT2D eigenvalue weighted by Crippen LogP contribution is 2.21. The van der Waals surface area contributed by atoms with Crippen LogP contribution in [-0.4, -0.2) is 32.3 Å². The quantitative estimate of drug-likeness (QED) is 0.715. The maximum absolute atomic E-state index is 11.9. The monoisotopic (exact) mass is 285 g/mol. The van der Waals surface area contributed by atoms with Gasteiger partial charge in [-0.15, -0.1) is 0 Å². The van der Waals surface area contributed by atoms with Crippen LogP contribution in [-0.2, 0) is 4.74 Å². The molecule has 2 aromatic heterocycles. The van der Waals surface area contributed by atoms with E-state index >= 15 is 0 Å². The normalized spacial score (nSPS) is 11.0. The molecule has 2 heterocycles. The number of H-pyrrole nitrogens is 1. The Balaban J connectivity index is 2.10. The molecule has 0 aliphatic rings. The van der Waals surface area contributed by atoms with Gasteiger partial charge in [-0.2, -0.15) is 9.78 Å². The molecular formula is C14H15N5O2. The van der Waals surface area contributed by atoms with Crippen molar-refractivity contribution in [2.24, 2.45) is 0 Å². The summed E-state index contributed by atoms with van der Waals surface area (Å²) in [6, 6.07) is 7.60. The van der Waals surface area contributed by atoms with E-state index in [1.165, 1.54) is 4.68 Å². The molecule has 0 bridgehead atoms. The molecule has 7 heteroatoms. The van der Waals surface area contributed by atoms with E-state index in [9.17, 15) is 4.79 Å². The van der Waals surface area contributed by atoms with Gasteiger partial charge in [-0.25, -0.2) is 9.78 Å². The average Bonchev–Trinajstić information content (AvgIpc) is 3.02. The first-order valence-electron chi connectivity index (χ1n) is 6.59. The molecule has 0 fully saturated rings. The number of esters is 1. The third kappa shape index (κ3) is 2.12. The van der Waals surface area contributed by atoms with Crippen molar-refractivity contribution in [1.29, 1.82) is 0 Å². The van der Waals surface area contributed by atoms with E-state index in [1.54, 1.807) is 13.8 Å². The van der Waals surface area contributed by atoms with Crippen LogP contribution in [0.25, 0.3) is 17.0 Å². The van der Waals surface area contributed by atoms with Crippen LogP contribution in [0.4, 0.5) is 5.82 Å². The Morgan fingerprint density at radius 1 is 1.43 bits per heavy atom. The van der Waals surface area contributed by atoms with Crippen molar-refractivity contribution in [3.63, 3.8) is 0 Å². The second-order valence-electron chi connectivity index (χ2n) is 4.57. The minimum atomic E-state index is -0.489. The van der Waals surface area contributed by atoms with Crippen molar-refractivity contribution in [2.45, 2.75) is 13.8 Å². The molecule has 0 saturated carbocycles. The number of rotatable bonds is 3. The van der Waals surface area contributed by atoms with Gasteiger partial charge in [-0.3, -0.25) is 0 Å². The lowest BCUT2D eigenvalue weighted by Gasteiger charge is -1.98. The van der Waals surface area contributed by atoms with Crippen LogP contribution in [0.1, 0.15) is 23.0 Å². The minimum absolute atomic E-state index is 0.204. The SMILES string of the molecule is CCOC(=O)c1nn(-c2nc3ccccc3[nH]2)c(N)c1C. The van der Waals surface area contributed by atoms with Gasteiger partial charge in [0, 0.05) is 5.56 Å². The van der Waals surface area contributed by atoms with Crippen LogP contribution in [0.5, 0.6) is 0 Å². The summed E-state index contributed by atoms with van der Waals surface area (Å²) in [7, 11) is 0. The molecule has 3 rings (SSSR count). The van der Waals surface area contributed by atoms with Gasteiger partial charge in [0.15, 0.2) is 5.69 Å². The topological polar surface area (TPSA) is 98.8 Å². The molecule has 3 aromatic rings. The third-order valence-electron chi connectivity index (χ3n) is 3.21. The molecule has 3 N–H and O–H groups in total. The fourth-order valence-corrected chi connectivity index (χ4v) is 2.10. The molecule has 0 atom stereocenters. The number of carbonyl (C=O) groups excluding carboxylic acids is 1. The van der Waals surface area contributed by atoms with E-state index in [1.807, 2.05) is 24.3 Å². The van der Waals surface area contributed by atoms with Gasteiger partial charge >= 0.3 is 5.97 Å². The highest BCUT2D eigenvalue weighted by molar-refractivity contribution is 5.90. The van der Waals surface area contributed by atoms with Crippen LogP contribution in [0.3, 0.4) is 0 Å². The lowest BCUT2D eigenvalue weighted by molar-refractivity contribution is 0.0518. The van der Waals surface area contributed by atoms with E-state index in [0.29, 0.717) is 17.3 Å². The van der Waals surface area contributed by atoms with Crippen molar-refractivity contribution in [3.8, 4) is 5.95 Å². The summed E-state index contributed by atoms with van der Waals surface area (Å²) in [6.07, 6.45) is 0. The van der Waals surface area contributed by atoms with E-state index in [0.717, 1.165) is 11.0 Å². The van der Waals surface area contributed by atoms with Crippen molar-refractivity contribution < 1.29 is 9.53 Å². The Bertz CT molecular complexity index is 785. The number of ether oxygens (including phenoxy) is 1. The van der Waals surface area contributed by atoms with Crippen molar-refractivity contribution in [3.05, 3.63) is 35.5 Å². The molecule has 108 valence electrons. The summed E-state index contributed by atoms with van der Waals surface area (Å²) in [5.74, 6) is 0.334. The molecular weight excluding hydrogens is 270 g/mol. The fourth-order valence-electron chi connectivity index (χ4n) is 2.10. The number of hydrogen-bond donors (Lipinski definition) is 2. The first kappa shape index (κ1) is 13.2. The zero-order chi connectivity index (χ0) is 15.0. The minimum Gasteiger partial charge on any atom is -0.461 e. The van der Waals surface area contributed by atoms with E-state index in [4.69, 9.17) is 10.5 Å². The van der Waals surface area contributed by atoms with Crippen LogP contribution in [0.2, 0.25) is 0 Å². The summed E-state index contributed by atoms with van der Waals surface area (Å²) in [5.41, 5.74) is 8.48. The average molecular weight is 285 g/mol. The molecule has 0 radical (unpaired) electrons. The highest BCUT2D eigenvalue weighted by Gasteiger charge is 2.21. The lowest BCUT2D eigenvalue weighted by atomic mass is 10.2. The molecule has 0 aliphatic carbocycles. The predicted molar refractivity (Wildman–Crippen MR) is 78.3 cm³/mol. The Morgan fingerprint density at radius 2 is 2.19 bits per heavy atom. The lowest BCUT2D eigenvalue weighted by Crippen LogP contribution is -2.08. The van der Waals surface area contributed by atoms with E-state index in [2.05, 4.69) is 15.1 Å². The van der Waals surface area contributed by atoms with Gasteiger partial charge in [0.2, 0.25) is 5.95 Å². The number of nitrogens with one attached hydrogen (secondary N) is 1. The molecule has 0 amide bonds. The number of nitrogen functional groups attached to an aromatic ring is 1. The second-order valence-corrected chi connectivity index (χ2v) is 4.57. The Labute approximate surface area is 120 Å². The van der Waals surface area contributed by atoms with Crippen LogP contribution >= 0.6 is 0 Å². The van der Waals surface area contributed by atoms with Gasteiger partial charge in [0.1, 0.15) is 5.82 Å². The summed E-state index contributed by atoms with van der Waals surface area (Å²) in [6.45, 7) is 3.76. The molecule has 0 spiro atoms. The highest BCUT2D eigenvalue weighted by atomic mass is 16.5. The van der Waals surface area contributed by atoms with Crippen LogP contribution in [0, 0.1) is 6.92 Å². The van der Waals surface area contributed by atoms with Gasteiger partial charge in [0.05, 0.1) is 17.6 Å². The number of aromatic nitrogens is 4. The maximum Gasteiger partial charge on any atom is 0.359 e. The molecule has 1 aromatic carbocycles. The second kappa shape index (κ2) is 4.93. The van der Waals surface area contributed by atoms with Crippen molar-refractivity contribution in [1.82, 2.24) is 19.7 Å². The molecule has 0 saturated heterocycles. The number of aromatic amines is 1. The zero-order valence-electron chi connectivity index (χ0n) is 11.8. The molecule has 21 heavy (non-hydrogen) atoms. The van der Waals surface area contributed by atoms with Gasteiger partial charge < -0.3 is 15.5 Å². The van der Waals surface area contributed by atoms with Crippen LogP contribution < -0.4 is 5.73 Å². The van der Waals surface area contributed by atoms with Gasteiger partial charge in [-0.05, 0) is 26.0 Å². The molecule has 7 nitrogen and oxygen atoms in total. The zero-order valence-corrected chi connectivity index (χ0v) is 11.8. The standard InChI is InChI=1S/C14H15N5O2/c1-3-21-13(20)11-8(2)12(15)19(18-11)14-16-9-6-4-5-7-10(9)17-14/h4-7H,3,15H2,1-2H3,(H,16,17). The Kier molecular flexibility index (Phi) is 3.09. The Morgan fingerprint density at radius 3 is 2.90 bits per heavy atom. The summed E-state index contributed by atoms with van der Waals surface area (Å²) in [5, 5.41) is 4.22. The number of carbonyl (C=O) groups is 1. The van der Waals surface area contributed by atoms with Crippen molar-refractivity contribution >= 4 is 22.8 Å². The number of imidazole rings is 1. The number of benzene rings is 1. The molecule has 0 aliphatic heterocycles. The maximum atomic E-state index is 11.9. The van der Waals surface area contributed by atoms with E-state index in [-0.39, 0.29) is 12.3 Å². The summed E-state index contributed by atoms with van der Waals surface area (Å²) >= 11 is 0. The van der Waals surface area contributed by atoms with Crippen molar-refractivity contribution in [2.75, 3.05) is 12.3 Å². The largest absolute Gasteiger partial charge is 0.461 e. The van der Waals surface area contributed by atoms with E-state index < -0.39 is 5.97 Å². The smallest absolute Gasteiger partial charge is 0.359 e. The first-order chi connectivity index (χ1) is 10.1. The third-order valence-corrected chi connectivity index (χ3v) is 3.21. The number of hydrogen-bond acceptors (Lipinski definition) is 5. The first-order valence-corrected chi connectivity index (χ1v) is 6.59. The number of anilines is 1. The van der Waals surface area contributed by atoms with Crippen LogP contribution in [0.15, 0.2) is 24.3 Å². The number of para-hydroxylation sites is 2. The van der Waals surface area contributed by atoms with Gasteiger partial charge in [-0.1, -0.05) is 12.1 Å². The summed E-state index contributed by atoms with van der Waals surface area (Å²) < 4.78 is 6.39. The fraction of sp³-hybridized carbons (Fsp3) is 0.214. The number of fused-ring (bicyclic) bond motifs is 1.